The lowest BCUT2D eigenvalue weighted by molar-refractivity contribution is 0.404. The fourth-order valence-electron chi connectivity index (χ4n) is 3.77. The number of aromatic nitrogens is 1. The minimum atomic E-state index is -3.96. The summed E-state index contributed by atoms with van der Waals surface area (Å²) in [6.07, 6.45) is 0.449. The SMILES string of the molecule is CCC(=Nc1c(Nc2cccc(S(=O)(=O)N(C)C)c2O)c(O)n(-c2ccccc2)c1O)c1ccc(C)o1. The Kier molecular flexibility index (Phi) is 7.01. The van der Waals surface area contributed by atoms with Gasteiger partial charge in [0.05, 0.1) is 17.1 Å². The number of rotatable bonds is 8. The second-order valence-corrected chi connectivity index (χ2v) is 10.5. The Bertz CT molecular complexity index is 1570. The number of aryl methyl sites for hydroxylation is 1. The molecule has 0 fully saturated rings. The van der Waals surface area contributed by atoms with Gasteiger partial charge in [-0.25, -0.2) is 22.3 Å². The second kappa shape index (κ2) is 10.0. The molecule has 2 aromatic heterocycles. The van der Waals surface area contributed by atoms with E-state index in [0.29, 0.717) is 29.3 Å². The van der Waals surface area contributed by atoms with Crippen LogP contribution in [0, 0.1) is 6.92 Å². The molecule has 37 heavy (non-hydrogen) atoms. The van der Waals surface area contributed by atoms with Crippen LogP contribution in [-0.4, -0.2) is 52.4 Å². The molecule has 2 heterocycles. The van der Waals surface area contributed by atoms with Crippen LogP contribution in [0.1, 0.15) is 24.9 Å². The number of anilines is 2. The molecule has 194 valence electrons. The van der Waals surface area contributed by atoms with Crippen molar-refractivity contribution in [2.24, 2.45) is 4.99 Å². The Hall–Kier alpha value is -4.22. The minimum Gasteiger partial charge on any atom is -0.504 e. The normalized spacial score (nSPS) is 12.3. The van der Waals surface area contributed by atoms with Crippen molar-refractivity contribution in [3.8, 4) is 23.2 Å². The Morgan fingerprint density at radius 2 is 1.70 bits per heavy atom. The van der Waals surface area contributed by atoms with E-state index < -0.39 is 21.7 Å². The van der Waals surface area contributed by atoms with Gasteiger partial charge in [-0.3, -0.25) is 0 Å². The highest BCUT2D eigenvalue weighted by atomic mass is 32.2. The number of para-hydroxylation sites is 2. The summed E-state index contributed by atoms with van der Waals surface area (Å²) < 4.78 is 33.3. The van der Waals surface area contributed by atoms with Crippen molar-refractivity contribution in [3.63, 3.8) is 0 Å². The topological polar surface area (TPSA) is 141 Å². The molecule has 0 bridgehead atoms. The summed E-state index contributed by atoms with van der Waals surface area (Å²) in [6.45, 7) is 3.67. The Balaban J connectivity index is 1.93. The average molecular weight is 525 g/mol. The van der Waals surface area contributed by atoms with E-state index in [4.69, 9.17) is 4.42 Å². The highest BCUT2D eigenvalue weighted by Gasteiger charge is 2.28. The number of nitrogens with zero attached hydrogens (tertiary/aromatic N) is 3. The minimum absolute atomic E-state index is 0.00761. The van der Waals surface area contributed by atoms with Gasteiger partial charge in [-0.2, -0.15) is 0 Å². The Labute approximate surface area is 214 Å². The Morgan fingerprint density at radius 3 is 2.30 bits per heavy atom. The van der Waals surface area contributed by atoms with Crippen LogP contribution in [0.4, 0.5) is 17.1 Å². The molecular weight excluding hydrogens is 496 g/mol. The van der Waals surface area contributed by atoms with Gasteiger partial charge < -0.3 is 25.1 Å². The van der Waals surface area contributed by atoms with Gasteiger partial charge in [-0.1, -0.05) is 31.2 Å². The summed E-state index contributed by atoms with van der Waals surface area (Å²) in [6, 6.07) is 16.4. The van der Waals surface area contributed by atoms with Gasteiger partial charge in [0.2, 0.25) is 21.8 Å². The van der Waals surface area contributed by atoms with Gasteiger partial charge in [0, 0.05) is 14.1 Å². The summed E-state index contributed by atoms with van der Waals surface area (Å²) in [5, 5.41) is 36.1. The maximum Gasteiger partial charge on any atom is 0.246 e. The first-order valence-electron chi connectivity index (χ1n) is 11.4. The number of aliphatic imine (C=N–C) groups is 1. The van der Waals surface area contributed by atoms with E-state index >= 15 is 0 Å². The van der Waals surface area contributed by atoms with Crippen LogP contribution >= 0.6 is 0 Å². The molecule has 2 aromatic carbocycles. The molecule has 11 heteroatoms. The van der Waals surface area contributed by atoms with Crippen molar-refractivity contribution < 1.29 is 28.2 Å². The third-order valence-electron chi connectivity index (χ3n) is 5.73. The standard InChI is InChI=1S/C26H28N4O6S/c1-5-18(20-15-14-16(2)36-20)27-22-23(26(33)30(25(22)32)17-10-7-6-8-11-17)28-19-12-9-13-21(24(19)31)37(34,35)29(3)4/h6-15,28,31-33H,5H2,1-4H3. The molecule has 0 saturated heterocycles. The number of phenolic OH excluding ortho intramolecular Hbond substituents is 1. The van der Waals surface area contributed by atoms with Crippen LogP contribution < -0.4 is 5.32 Å². The van der Waals surface area contributed by atoms with Crippen LogP contribution in [0.3, 0.4) is 0 Å². The number of sulfonamides is 1. The highest BCUT2D eigenvalue weighted by molar-refractivity contribution is 7.89. The van der Waals surface area contributed by atoms with Crippen LogP contribution in [0.5, 0.6) is 17.5 Å². The van der Waals surface area contributed by atoms with Gasteiger partial charge in [0.1, 0.15) is 22.1 Å². The molecule has 0 atom stereocenters. The van der Waals surface area contributed by atoms with E-state index in [0.717, 1.165) is 4.31 Å². The lowest BCUT2D eigenvalue weighted by Gasteiger charge is -2.15. The van der Waals surface area contributed by atoms with E-state index in [9.17, 15) is 23.7 Å². The molecule has 0 spiro atoms. The highest BCUT2D eigenvalue weighted by Crippen LogP contribution is 2.49. The summed E-state index contributed by atoms with van der Waals surface area (Å²) in [5.74, 6) is -0.118. The summed E-state index contributed by atoms with van der Waals surface area (Å²) in [5.41, 5.74) is 0.899. The van der Waals surface area contributed by atoms with Gasteiger partial charge in [0.15, 0.2) is 11.4 Å². The van der Waals surface area contributed by atoms with Gasteiger partial charge >= 0.3 is 0 Å². The maximum atomic E-state index is 12.7. The third kappa shape index (κ3) is 4.78. The third-order valence-corrected chi connectivity index (χ3v) is 7.58. The van der Waals surface area contributed by atoms with Crippen LogP contribution in [0.15, 0.2) is 75.0 Å². The van der Waals surface area contributed by atoms with Crippen molar-refractivity contribution in [2.45, 2.75) is 25.2 Å². The average Bonchev–Trinajstić information content (AvgIpc) is 3.39. The molecule has 0 aliphatic heterocycles. The van der Waals surface area contributed by atoms with Crippen molar-refractivity contribution in [2.75, 3.05) is 19.4 Å². The van der Waals surface area contributed by atoms with Crippen LogP contribution in [0.2, 0.25) is 0 Å². The second-order valence-electron chi connectivity index (χ2n) is 8.43. The van der Waals surface area contributed by atoms with E-state index in [1.54, 1.807) is 49.4 Å². The molecule has 10 nitrogen and oxygen atoms in total. The number of hydrogen-bond donors (Lipinski definition) is 4. The van der Waals surface area contributed by atoms with E-state index in [1.807, 2.05) is 6.92 Å². The smallest absolute Gasteiger partial charge is 0.246 e. The summed E-state index contributed by atoms with van der Waals surface area (Å²) >= 11 is 0. The zero-order valence-electron chi connectivity index (χ0n) is 20.8. The number of phenols is 1. The quantitative estimate of drug-likeness (QED) is 0.187. The first-order valence-corrected chi connectivity index (χ1v) is 12.9. The zero-order chi connectivity index (χ0) is 26.9. The maximum absolute atomic E-state index is 12.7. The molecule has 4 N–H and O–H groups in total. The molecule has 4 rings (SSSR count). The van der Waals surface area contributed by atoms with Crippen molar-refractivity contribution in [3.05, 3.63) is 72.2 Å². The van der Waals surface area contributed by atoms with Gasteiger partial charge in [-0.15, -0.1) is 0 Å². The molecule has 0 radical (unpaired) electrons. The molecular formula is C26H28N4O6S. The fourth-order valence-corrected chi connectivity index (χ4v) is 4.77. The summed E-state index contributed by atoms with van der Waals surface area (Å²) in [4.78, 5) is 4.29. The first kappa shape index (κ1) is 25.9. The number of hydrogen-bond acceptors (Lipinski definition) is 8. The molecule has 0 saturated carbocycles. The van der Waals surface area contributed by atoms with E-state index in [1.165, 1.54) is 36.9 Å². The largest absolute Gasteiger partial charge is 0.504 e. The number of furan rings is 1. The monoisotopic (exact) mass is 524 g/mol. The van der Waals surface area contributed by atoms with Crippen molar-refractivity contribution in [1.82, 2.24) is 8.87 Å². The molecule has 0 unspecified atom stereocenters. The molecule has 0 aliphatic rings. The molecule has 0 amide bonds. The predicted octanol–water partition coefficient (Wildman–Crippen LogP) is 5.02. The predicted molar refractivity (Wildman–Crippen MR) is 141 cm³/mol. The van der Waals surface area contributed by atoms with Crippen LogP contribution in [-0.2, 0) is 10.0 Å². The lowest BCUT2D eigenvalue weighted by Crippen LogP contribution is -2.22. The molecule has 0 aliphatic carbocycles. The van der Waals surface area contributed by atoms with Gasteiger partial charge in [-0.05, 0) is 49.7 Å². The van der Waals surface area contributed by atoms with Gasteiger partial charge in [0.25, 0.3) is 0 Å². The molecule has 4 aromatic rings. The van der Waals surface area contributed by atoms with E-state index in [-0.39, 0.29) is 27.8 Å². The lowest BCUT2D eigenvalue weighted by atomic mass is 10.2. The summed E-state index contributed by atoms with van der Waals surface area (Å²) in [7, 11) is -1.25. The Morgan fingerprint density at radius 1 is 1.00 bits per heavy atom. The van der Waals surface area contributed by atoms with E-state index in [2.05, 4.69) is 10.3 Å². The first-order chi connectivity index (χ1) is 17.6. The fraction of sp³-hybridized carbons (Fsp3) is 0.192. The van der Waals surface area contributed by atoms with Crippen molar-refractivity contribution in [1.29, 1.82) is 0 Å². The number of benzene rings is 2. The zero-order valence-corrected chi connectivity index (χ0v) is 21.6. The van der Waals surface area contributed by atoms with Crippen LogP contribution in [0.25, 0.3) is 5.69 Å². The van der Waals surface area contributed by atoms with Crippen molar-refractivity contribution >= 4 is 32.8 Å². The number of aromatic hydroxyl groups is 3. The number of nitrogens with one attached hydrogen (secondary N) is 1.